The lowest BCUT2D eigenvalue weighted by atomic mass is 10.00. The van der Waals surface area contributed by atoms with Crippen LogP contribution in [0.3, 0.4) is 0 Å². The average molecular weight is 395 g/mol. The molecule has 1 amide bonds. The number of hydrazine groups is 1. The number of carbonyl (C=O) groups excluding carboxylic acids is 1. The van der Waals surface area contributed by atoms with Gasteiger partial charge in [0.05, 0.1) is 0 Å². The van der Waals surface area contributed by atoms with Gasteiger partial charge in [-0.2, -0.15) is 0 Å². The molecule has 0 bridgehead atoms. The fourth-order valence-corrected chi connectivity index (χ4v) is 3.33. The number of nitrogens with one attached hydrogen (secondary N) is 2. The maximum Gasteiger partial charge on any atom is 0.269 e. The van der Waals surface area contributed by atoms with E-state index in [0.717, 1.165) is 19.5 Å². The first-order chi connectivity index (χ1) is 13.6. The Morgan fingerprint density at radius 2 is 1.82 bits per heavy atom. The number of nitrogen functional groups attached to an aromatic ring is 1. The Balaban J connectivity index is 1.48. The van der Waals surface area contributed by atoms with Gasteiger partial charge in [-0.3, -0.25) is 15.6 Å². The van der Waals surface area contributed by atoms with Crippen LogP contribution in [-0.4, -0.2) is 22.4 Å². The summed E-state index contributed by atoms with van der Waals surface area (Å²) in [6.45, 7) is 1.54. The lowest BCUT2D eigenvalue weighted by molar-refractivity contribution is 0.0962. The molecule has 2 aromatic carbocycles. The maximum atomic E-state index is 12.3. The molecule has 7 nitrogen and oxygen atoms in total. The summed E-state index contributed by atoms with van der Waals surface area (Å²) in [6.07, 6.45) is 2.36. The number of fused-ring (bicyclic) bond motifs is 1. The summed E-state index contributed by atoms with van der Waals surface area (Å²) in [5, 5.41) is 0.567. The maximum absolute atomic E-state index is 12.3. The highest BCUT2D eigenvalue weighted by molar-refractivity contribution is 6.30. The van der Waals surface area contributed by atoms with Gasteiger partial charge in [0.15, 0.2) is 11.6 Å². The van der Waals surface area contributed by atoms with E-state index in [0.29, 0.717) is 27.9 Å². The van der Waals surface area contributed by atoms with Crippen molar-refractivity contribution in [1.82, 2.24) is 15.4 Å². The molecular formula is C20H19ClN6O. The highest BCUT2D eigenvalue weighted by Crippen LogP contribution is 2.30. The van der Waals surface area contributed by atoms with Crippen LogP contribution in [0.2, 0.25) is 5.02 Å². The molecule has 3 aromatic rings. The number of hydrogen-bond donors (Lipinski definition) is 3. The lowest BCUT2D eigenvalue weighted by Gasteiger charge is -2.30. The van der Waals surface area contributed by atoms with Gasteiger partial charge >= 0.3 is 0 Å². The first-order valence-corrected chi connectivity index (χ1v) is 9.24. The van der Waals surface area contributed by atoms with Crippen LogP contribution in [0.5, 0.6) is 0 Å². The number of amides is 1. The molecule has 142 valence electrons. The average Bonchev–Trinajstić information content (AvgIpc) is 2.73. The van der Waals surface area contributed by atoms with Crippen molar-refractivity contribution in [3.63, 3.8) is 0 Å². The van der Waals surface area contributed by atoms with Crippen LogP contribution in [0.25, 0.3) is 0 Å². The zero-order chi connectivity index (χ0) is 19.5. The third kappa shape index (κ3) is 3.70. The van der Waals surface area contributed by atoms with Gasteiger partial charge in [0.25, 0.3) is 5.91 Å². The van der Waals surface area contributed by atoms with Crippen molar-refractivity contribution in [2.24, 2.45) is 0 Å². The van der Waals surface area contributed by atoms with E-state index in [1.54, 1.807) is 24.3 Å². The highest BCUT2D eigenvalue weighted by Gasteiger charge is 2.20. The smallest absolute Gasteiger partial charge is 0.269 e. The van der Waals surface area contributed by atoms with Gasteiger partial charge in [-0.15, -0.1) is 0 Å². The van der Waals surface area contributed by atoms with Crippen LogP contribution >= 0.6 is 11.6 Å². The molecule has 0 saturated carbocycles. The molecule has 4 N–H and O–H groups in total. The Hall–Kier alpha value is -3.32. The molecule has 0 unspecified atom stereocenters. The van der Waals surface area contributed by atoms with Crippen molar-refractivity contribution in [2.75, 3.05) is 22.6 Å². The van der Waals surface area contributed by atoms with Crippen molar-refractivity contribution in [3.8, 4) is 0 Å². The molecule has 0 atom stereocenters. The number of aromatic nitrogens is 2. The lowest BCUT2D eigenvalue weighted by Crippen LogP contribution is -2.33. The Bertz CT molecular complexity index is 1010. The van der Waals surface area contributed by atoms with Crippen molar-refractivity contribution >= 4 is 34.8 Å². The summed E-state index contributed by atoms with van der Waals surface area (Å²) in [7, 11) is 0. The van der Waals surface area contributed by atoms with Gasteiger partial charge in [0.2, 0.25) is 0 Å². The van der Waals surface area contributed by atoms with Crippen LogP contribution in [0.1, 0.15) is 21.5 Å². The summed E-state index contributed by atoms with van der Waals surface area (Å²) in [6, 6.07) is 14.9. The SMILES string of the molecule is Nc1c(NNC(=O)c2ccc(Cl)cc2)ncnc1N1CCc2ccccc2C1. The normalized spacial score (nSPS) is 13.0. The minimum atomic E-state index is -0.317. The third-order valence-corrected chi connectivity index (χ3v) is 4.95. The van der Waals surface area contributed by atoms with Gasteiger partial charge in [0.1, 0.15) is 12.0 Å². The summed E-state index contributed by atoms with van der Waals surface area (Å²) >= 11 is 5.85. The van der Waals surface area contributed by atoms with E-state index in [9.17, 15) is 4.79 Å². The highest BCUT2D eigenvalue weighted by atomic mass is 35.5. The fraction of sp³-hybridized carbons (Fsp3) is 0.150. The number of carbonyl (C=O) groups is 1. The summed E-state index contributed by atoms with van der Waals surface area (Å²) < 4.78 is 0. The zero-order valence-electron chi connectivity index (χ0n) is 15.0. The number of benzene rings is 2. The number of nitrogens with two attached hydrogens (primary N) is 1. The predicted molar refractivity (Wildman–Crippen MR) is 110 cm³/mol. The van der Waals surface area contributed by atoms with Crippen molar-refractivity contribution in [3.05, 3.63) is 76.6 Å². The number of halogens is 1. The fourth-order valence-electron chi connectivity index (χ4n) is 3.20. The second-order valence-corrected chi connectivity index (χ2v) is 6.92. The summed E-state index contributed by atoms with van der Waals surface area (Å²) in [5.41, 5.74) is 15.1. The summed E-state index contributed by atoms with van der Waals surface area (Å²) in [5.74, 6) is 0.682. The van der Waals surface area contributed by atoms with E-state index in [1.165, 1.54) is 17.5 Å². The quantitative estimate of drug-likeness (QED) is 0.588. The number of hydrogen-bond acceptors (Lipinski definition) is 6. The molecule has 0 saturated heterocycles. The number of anilines is 3. The van der Waals surface area contributed by atoms with E-state index in [-0.39, 0.29) is 5.91 Å². The molecule has 0 radical (unpaired) electrons. The van der Waals surface area contributed by atoms with Gasteiger partial charge in [-0.1, -0.05) is 35.9 Å². The minimum absolute atomic E-state index is 0.317. The van der Waals surface area contributed by atoms with Gasteiger partial charge < -0.3 is 10.6 Å². The van der Waals surface area contributed by atoms with E-state index in [2.05, 4.69) is 43.9 Å². The van der Waals surface area contributed by atoms with E-state index >= 15 is 0 Å². The van der Waals surface area contributed by atoms with E-state index < -0.39 is 0 Å². The second-order valence-electron chi connectivity index (χ2n) is 6.49. The molecular weight excluding hydrogens is 376 g/mol. The molecule has 0 aliphatic carbocycles. The van der Waals surface area contributed by atoms with Crippen molar-refractivity contribution < 1.29 is 4.79 Å². The molecule has 0 fully saturated rings. The van der Waals surface area contributed by atoms with Crippen LogP contribution < -0.4 is 21.5 Å². The first kappa shape index (κ1) is 18.1. The van der Waals surface area contributed by atoms with Gasteiger partial charge in [-0.05, 0) is 41.8 Å². The molecule has 4 rings (SSSR count). The Morgan fingerprint density at radius 3 is 2.61 bits per heavy atom. The molecule has 1 aromatic heterocycles. The Morgan fingerprint density at radius 1 is 1.07 bits per heavy atom. The van der Waals surface area contributed by atoms with Crippen molar-refractivity contribution in [1.29, 1.82) is 0 Å². The largest absolute Gasteiger partial charge is 0.393 e. The van der Waals surface area contributed by atoms with Gasteiger partial charge in [-0.25, -0.2) is 9.97 Å². The van der Waals surface area contributed by atoms with Gasteiger partial charge in [0, 0.05) is 23.7 Å². The third-order valence-electron chi connectivity index (χ3n) is 4.69. The van der Waals surface area contributed by atoms with Crippen LogP contribution in [0, 0.1) is 0 Å². The first-order valence-electron chi connectivity index (χ1n) is 8.86. The molecule has 2 heterocycles. The predicted octanol–water partition coefficient (Wildman–Crippen LogP) is 3.03. The molecule has 1 aliphatic rings. The minimum Gasteiger partial charge on any atom is -0.393 e. The summed E-state index contributed by atoms with van der Waals surface area (Å²) in [4.78, 5) is 22.9. The molecule has 1 aliphatic heterocycles. The van der Waals surface area contributed by atoms with Crippen LogP contribution in [-0.2, 0) is 13.0 Å². The Labute approximate surface area is 167 Å². The van der Waals surface area contributed by atoms with Crippen LogP contribution in [0.4, 0.5) is 17.3 Å². The van der Waals surface area contributed by atoms with E-state index in [1.807, 2.05) is 6.07 Å². The van der Waals surface area contributed by atoms with Crippen LogP contribution in [0.15, 0.2) is 54.9 Å². The standard InChI is InChI=1S/C20H19ClN6O/c21-16-7-5-14(6-8-16)20(28)26-25-18-17(22)19(24-12-23-18)27-10-9-13-3-1-2-4-15(13)11-27/h1-8,12H,9-11,22H2,(H,26,28)(H,23,24,25). The second kappa shape index (κ2) is 7.74. The number of rotatable bonds is 4. The van der Waals surface area contributed by atoms with Crippen molar-refractivity contribution in [2.45, 2.75) is 13.0 Å². The number of nitrogens with zero attached hydrogens (tertiary/aromatic N) is 3. The topological polar surface area (TPSA) is 96.2 Å². The Kier molecular flexibility index (Phi) is 4.99. The molecule has 28 heavy (non-hydrogen) atoms. The zero-order valence-corrected chi connectivity index (χ0v) is 15.8. The monoisotopic (exact) mass is 394 g/mol. The molecule has 8 heteroatoms. The van der Waals surface area contributed by atoms with E-state index in [4.69, 9.17) is 17.3 Å². The molecule has 0 spiro atoms.